The van der Waals surface area contributed by atoms with Gasteiger partial charge in [0.1, 0.15) is 0 Å². The predicted molar refractivity (Wildman–Crippen MR) is 75.4 cm³/mol. The number of anilines is 1. The quantitative estimate of drug-likeness (QED) is 0.864. The molecule has 0 bridgehead atoms. The molecule has 0 spiro atoms. The van der Waals surface area contributed by atoms with E-state index in [4.69, 9.17) is 0 Å². The lowest BCUT2D eigenvalue weighted by Crippen LogP contribution is -2.55. The predicted octanol–water partition coefficient (Wildman–Crippen LogP) is 0.906. The van der Waals surface area contributed by atoms with Crippen LogP contribution in [0.2, 0.25) is 0 Å². The highest BCUT2D eigenvalue weighted by atomic mass is 19.4. The van der Waals surface area contributed by atoms with E-state index in [-0.39, 0.29) is 16.7 Å². The maximum Gasteiger partial charge on any atom is 0.438 e. The maximum absolute atomic E-state index is 13.2. The number of halogens is 3. The van der Waals surface area contributed by atoms with Crippen molar-refractivity contribution >= 4 is 11.7 Å². The van der Waals surface area contributed by atoms with Gasteiger partial charge in [-0.25, -0.2) is 4.68 Å². The van der Waals surface area contributed by atoms with Gasteiger partial charge in [0, 0.05) is 17.8 Å². The Morgan fingerprint density at radius 1 is 1.08 bits per heavy atom. The summed E-state index contributed by atoms with van der Waals surface area (Å²) in [5.74, 6) is -0.559. The molecule has 1 N–H and O–H groups in total. The third-order valence-corrected chi connectivity index (χ3v) is 3.42. The largest absolute Gasteiger partial charge is 0.438 e. The summed E-state index contributed by atoms with van der Waals surface area (Å²) >= 11 is 0. The molecule has 0 saturated carbocycles. The minimum atomic E-state index is -4.95. The Labute approximate surface area is 133 Å². The van der Waals surface area contributed by atoms with Crippen LogP contribution in [0.4, 0.5) is 19.1 Å². The number of hydrogen-bond acceptors (Lipinski definition) is 8. The van der Waals surface area contributed by atoms with Crippen molar-refractivity contribution < 1.29 is 18.3 Å². The van der Waals surface area contributed by atoms with Crippen LogP contribution in [-0.2, 0) is 0 Å². The molecule has 128 valence electrons. The molecule has 12 heteroatoms. The first-order chi connectivity index (χ1) is 11.1. The van der Waals surface area contributed by atoms with Crippen molar-refractivity contribution in [1.82, 2.24) is 30.2 Å². The van der Waals surface area contributed by atoms with Crippen molar-refractivity contribution in [2.24, 2.45) is 5.10 Å². The zero-order chi connectivity index (χ0) is 17.7. The zero-order valence-corrected chi connectivity index (χ0v) is 12.9. The Morgan fingerprint density at radius 2 is 1.67 bits per heavy atom. The standard InChI is InChI=1S/C12H13F3N8O/c1-6-4-8(3)22(20-6)9-16-18-10(19-17-9)23-11(24,12(13,14)15)5-7(2)21-23/h4,24H,5H2,1-3H3. The molecule has 1 unspecified atom stereocenters. The summed E-state index contributed by atoms with van der Waals surface area (Å²) in [6, 6.07) is 1.77. The van der Waals surface area contributed by atoms with Gasteiger partial charge in [0.05, 0.1) is 5.69 Å². The van der Waals surface area contributed by atoms with Crippen LogP contribution >= 0.6 is 0 Å². The van der Waals surface area contributed by atoms with Crippen molar-refractivity contribution in [3.63, 3.8) is 0 Å². The van der Waals surface area contributed by atoms with Crippen LogP contribution in [0.15, 0.2) is 11.2 Å². The molecule has 1 aliphatic rings. The fourth-order valence-electron chi connectivity index (χ4n) is 2.37. The maximum atomic E-state index is 13.2. The fourth-order valence-corrected chi connectivity index (χ4v) is 2.37. The lowest BCUT2D eigenvalue weighted by molar-refractivity contribution is -0.254. The van der Waals surface area contributed by atoms with Gasteiger partial charge in [0.2, 0.25) is 0 Å². The number of nitrogens with zero attached hydrogens (tertiary/aromatic N) is 8. The summed E-state index contributed by atoms with van der Waals surface area (Å²) in [6.45, 7) is 4.89. The van der Waals surface area contributed by atoms with Gasteiger partial charge in [-0.2, -0.15) is 28.4 Å². The third kappa shape index (κ3) is 2.48. The van der Waals surface area contributed by atoms with Gasteiger partial charge < -0.3 is 5.11 Å². The molecular weight excluding hydrogens is 329 g/mol. The van der Waals surface area contributed by atoms with Gasteiger partial charge >= 0.3 is 6.18 Å². The van der Waals surface area contributed by atoms with E-state index in [1.807, 2.05) is 0 Å². The summed E-state index contributed by atoms with van der Waals surface area (Å²) in [4.78, 5) is 0. The van der Waals surface area contributed by atoms with E-state index < -0.39 is 24.3 Å². The smallest absolute Gasteiger partial charge is 0.362 e. The van der Waals surface area contributed by atoms with Gasteiger partial charge in [-0.15, -0.1) is 20.4 Å². The normalized spacial score (nSPS) is 21.3. The molecule has 3 heterocycles. The summed E-state index contributed by atoms with van der Waals surface area (Å²) in [7, 11) is 0. The third-order valence-electron chi connectivity index (χ3n) is 3.42. The number of aryl methyl sites for hydroxylation is 2. The van der Waals surface area contributed by atoms with Crippen LogP contribution < -0.4 is 5.01 Å². The lowest BCUT2D eigenvalue weighted by atomic mass is 10.1. The van der Waals surface area contributed by atoms with Crippen LogP contribution in [-0.4, -0.2) is 52.9 Å². The summed E-state index contributed by atoms with van der Waals surface area (Å²) < 4.78 is 40.9. The van der Waals surface area contributed by atoms with Gasteiger partial charge in [-0.05, 0) is 26.8 Å². The van der Waals surface area contributed by atoms with E-state index in [9.17, 15) is 18.3 Å². The van der Waals surface area contributed by atoms with Crippen molar-refractivity contribution in [3.8, 4) is 5.95 Å². The number of rotatable bonds is 2. The molecule has 0 amide bonds. The van der Waals surface area contributed by atoms with Gasteiger partial charge in [-0.3, -0.25) is 0 Å². The first-order valence-electron chi connectivity index (χ1n) is 6.86. The van der Waals surface area contributed by atoms with Crippen LogP contribution in [0.5, 0.6) is 0 Å². The van der Waals surface area contributed by atoms with Crippen molar-refractivity contribution in [2.45, 2.75) is 39.1 Å². The van der Waals surface area contributed by atoms with E-state index >= 15 is 0 Å². The molecule has 1 aliphatic heterocycles. The first-order valence-corrected chi connectivity index (χ1v) is 6.86. The van der Waals surface area contributed by atoms with Gasteiger partial charge in [-0.1, -0.05) is 0 Å². The fraction of sp³-hybridized carbons (Fsp3) is 0.500. The second-order valence-corrected chi connectivity index (χ2v) is 5.48. The second-order valence-electron chi connectivity index (χ2n) is 5.48. The number of alkyl halides is 3. The molecule has 3 rings (SSSR count). The molecular formula is C12H13F3N8O. The summed E-state index contributed by atoms with van der Waals surface area (Å²) in [5.41, 5.74) is -1.71. The molecule has 24 heavy (non-hydrogen) atoms. The molecule has 1 atom stereocenters. The average Bonchev–Trinajstić information content (AvgIpc) is 2.98. The monoisotopic (exact) mass is 342 g/mol. The molecule has 0 radical (unpaired) electrons. The molecule has 9 nitrogen and oxygen atoms in total. The van der Waals surface area contributed by atoms with E-state index in [0.717, 1.165) is 0 Å². The zero-order valence-electron chi connectivity index (χ0n) is 12.9. The number of hydrogen-bond donors (Lipinski definition) is 1. The van der Waals surface area contributed by atoms with Crippen molar-refractivity contribution in [2.75, 3.05) is 5.01 Å². The van der Waals surface area contributed by atoms with Crippen LogP contribution in [0.1, 0.15) is 24.7 Å². The lowest BCUT2D eigenvalue weighted by Gasteiger charge is -2.31. The first kappa shape index (κ1) is 16.2. The van der Waals surface area contributed by atoms with Crippen LogP contribution in [0, 0.1) is 13.8 Å². The highest BCUT2D eigenvalue weighted by Gasteiger charge is 2.62. The average molecular weight is 342 g/mol. The highest BCUT2D eigenvalue weighted by Crippen LogP contribution is 2.41. The van der Waals surface area contributed by atoms with Crippen molar-refractivity contribution in [3.05, 3.63) is 17.5 Å². The number of hydrazone groups is 1. The summed E-state index contributed by atoms with van der Waals surface area (Å²) in [6.07, 6.45) is -5.66. The summed E-state index contributed by atoms with van der Waals surface area (Å²) in [5, 5.41) is 32.7. The Morgan fingerprint density at radius 3 is 2.17 bits per heavy atom. The van der Waals surface area contributed by atoms with E-state index in [0.29, 0.717) is 11.4 Å². The number of aromatic nitrogens is 6. The Kier molecular flexibility index (Phi) is 3.51. The van der Waals surface area contributed by atoms with Crippen LogP contribution in [0.3, 0.4) is 0 Å². The Bertz CT molecular complexity index is 800. The van der Waals surface area contributed by atoms with Crippen LogP contribution in [0.25, 0.3) is 5.95 Å². The van der Waals surface area contributed by atoms with Crippen molar-refractivity contribution in [1.29, 1.82) is 0 Å². The Hall–Kier alpha value is -2.63. The molecule has 2 aromatic rings. The SMILES string of the molecule is CC1=NN(c2nnc(-n3nc(C)cc3C)nn2)C(O)(C(F)(F)F)C1. The van der Waals surface area contributed by atoms with Gasteiger partial charge in [0.25, 0.3) is 17.6 Å². The molecule has 0 aliphatic carbocycles. The molecule has 2 aromatic heterocycles. The highest BCUT2D eigenvalue weighted by molar-refractivity contribution is 5.86. The van der Waals surface area contributed by atoms with E-state index in [1.165, 1.54) is 11.6 Å². The second kappa shape index (κ2) is 5.19. The molecule has 0 fully saturated rings. The van der Waals surface area contributed by atoms with Gasteiger partial charge in [0.15, 0.2) is 0 Å². The molecule has 0 aromatic carbocycles. The number of aliphatic hydroxyl groups is 1. The minimum Gasteiger partial charge on any atom is -0.362 e. The van der Waals surface area contributed by atoms with E-state index in [2.05, 4.69) is 30.6 Å². The minimum absolute atomic E-state index is 0.000188. The Balaban J connectivity index is 1.97. The topological polar surface area (TPSA) is 105 Å². The molecule has 0 saturated heterocycles. The van der Waals surface area contributed by atoms with E-state index in [1.54, 1.807) is 19.9 Å².